The highest BCUT2D eigenvalue weighted by Crippen LogP contribution is 2.32. The molecule has 260 valence electrons. The quantitative estimate of drug-likeness (QED) is 0.148. The molecule has 12 nitrogen and oxygen atoms in total. The molecule has 5 aromatic rings. The molecule has 0 saturated carbocycles. The van der Waals surface area contributed by atoms with Crippen molar-refractivity contribution in [2.75, 3.05) is 27.2 Å². The van der Waals surface area contributed by atoms with Gasteiger partial charge in [-0.1, -0.05) is 36.4 Å². The lowest BCUT2D eigenvalue weighted by molar-refractivity contribution is -0.878. The van der Waals surface area contributed by atoms with Crippen molar-refractivity contribution in [2.24, 2.45) is 0 Å². The van der Waals surface area contributed by atoms with E-state index in [0.29, 0.717) is 28.1 Å². The molecule has 0 aliphatic carbocycles. The monoisotopic (exact) mass is 707 g/mol. The number of quaternary nitrogens is 1. The van der Waals surface area contributed by atoms with Gasteiger partial charge in [0.05, 0.1) is 79.2 Å². The van der Waals surface area contributed by atoms with Gasteiger partial charge >= 0.3 is 17.9 Å². The zero-order valence-electron chi connectivity index (χ0n) is 27.1. The Morgan fingerprint density at radius 1 is 1.02 bits per heavy atom. The molecule has 2 aromatic heterocycles. The summed E-state index contributed by atoms with van der Waals surface area (Å²) in [5, 5.41) is 7.32. The molecule has 6 rings (SSSR count). The summed E-state index contributed by atoms with van der Waals surface area (Å²) in [5.41, 5.74) is 0.120. The molecule has 1 aliphatic rings. The minimum atomic E-state index is -4.61. The van der Waals surface area contributed by atoms with Crippen LogP contribution in [0.1, 0.15) is 17.7 Å². The zero-order valence-corrected chi connectivity index (χ0v) is 27.9. The van der Waals surface area contributed by atoms with E-state index in [1.165, 1.54) is 47.3 Å². The van der Waals surface area contributed by atoms with Crippen LogP contribution in [-0.2, 0) is 16.3 Å². The first kappa shape index (κ1) is 35.8. The molecular weight excluding hydrogens is 675 g/mol. The van der Waals surface area contributed by atoms with Crippen molar-refractivity contribution in [3.8, 4) is 22.8 Å². The molecule has 3 aromatic carbocycles. The van der Waals surface area contributed by atoms with Crippen LogP contribution in [0.3, 0.4) is 0 Å². The van der Waals surface area contributed by atoms with Crippen molar-refractivity contribution in [3.05, 3.63) is 124 Å². The van der Waals surface area contributed by atoms with Gasteiger partial charge in [0.25, 0.3) is 0 Å². The second-order valence-corrected chi connectivity index (χ2v) is 13.6. The third-order valence-corrected chi connectivity index (χ3v) is 9.03. The normalized spacial score (nSPS) is 15.5. The first-order valence-corrected chi connectivity index (χ1v) is 16.6. The van der Waals surface area contributed by atoms with Crippen molar-refractivity contribution in [1.82, 2.24) is 24.2 Å². The summed E-state index contributed by atoms with van der Waals surface area (Å²) in [6, 6.07) is 19.0. The number of carbonyl (C=O) groups is 1. The fourth-order valence-electron chi connectivity index (χ4n) is 5.81. The van der Waals surface area contributed by atoms with Gasteiger partial charge in [-0.3, -0.25) is 4.57 Å². The number of likely N-dealkylation sites (tertiary alicyclic amines) is 1. The number of likely N-dealkylation sites (N-methyl/N-ethyl adjacent to an activating group) is 1. The van der Waals surface area contributed by atoms with E-state index in [1.54, 1.807) is 43.3 Å². The number of alkyl halides is 3. The molecule has 3 heterocycles. The van der Waals surface area contributed by atoms with Gasteiger partial charge in [0, 0.05) is 6.42 Å². The lowest BCUT2D eigenvalue weighted by Crippen LogP contribution is -2.46. The Bertz CT molecular complexity index is 2240. The number of nitrogens with one attached hydrogen (secondary N) is 1. The molecule has 0 radical (unpaired) electrons. The second-order valence-electron chi connectivity index (χ2n) is 12.2. The fraction of sp³-hybridized carbons (Fsp3) is 0.235. The van der Waals surface area contributed by atoms with Crippen LogP contribution >= 0.6 is 0 Å². The van der Waals surface area contributed by atoms with Crippen LogP contribution < -0.4 is 11.0 Å². The van der Waals surface area contributed by atoms with E-state index in [-0.39, 0.29) is 28.0 Å². The lowest BCUT2D eigenvalue weighted by atomic mass is 10.2. The van der Waals surface area contributed by atoms with Gasteiger partial charge < -0.3 is 14.4 Å². The Labute approximate surface area is 285 Å². The number of nitrogens with zero attached hydrogens (tertiary/aromatic N) is 6. The molecule has 0 unspecified atom stereocenters. The Hall–Kier alpha value is -5.50. The van der Waals surface area contributed by atoms with Crippen LogP contribution in [-0.4, -0.2) is 75.6 Å². The van der Waals surface area contributed by atoms with Gasteiger partial charge in [-0.2, -0.15) is 18.3 Å². The SMILES string of the molecule is O=S(=O)([O-])c1ccccc1.[C-]#[N+]c1ccc(-n2nccc2-c2c(C)n(-c3cccc(C(F)(F)F)c3)c(=O)n2C(=O)N[C@@H]2CC[N+](C)(C)C2)cc1. The number of amides is 1. The van der Waals surface area contributed by atoms with Crippen molar-refractivity contribution < 1.29 is 35.4 Å². The van der Waals surface area contributed by atoms with Crippen molar-refractivity contribution in [3.63, 3.8) is 0 Å². The number of carbonyl (C=O) groups excluding carboxylic acids is 1. The predicted octanol–water partition coefficient (Wildman–Crippen LogP) is 5.37. The van der Waals surface area contributed by atoms with Crippen molar-refractivity contribution >= 4 is 21.8 Å². The van der Waals surface area contributed by atoms with Crippen LogP contribution in [0.25, 0.3) is 27.6 Å². The summed E-state index contributed by atoms with van der Waals surface area (Å²) < 4.78 is 75.7. The summed E-state index contributed by atoms with van der Waals surface area (Å²) in [6.45, 7) is 10.3. The molecule has 1 atom stereocenters. The molecule has 1 amide bonds. The largest absolute Gasteiger partial charge is 0.744 e. The van der Waals surface area contributed by atoms with Gasteiger partial charge in [-0.15, -0.1) is 0 Å². The van der Waals surface area contributed by atoms with E-state index in [4.69, 9.17) is 6.57 Å². The van der Waals surface area contributed by atoms with Gasteiger partial charge in [0.1, 0.15) is 15.8 Å². The number of hydrogen-bond acceptors (Lipinski definition) is 6. The Morgan fingerprint density at radius 2 is 1.70 bits per heavy atom. The summed E-state index contributed by atoms with van der Waals surface area (Å²) in [6.07, 6.45) is -2.38. The minimum absolute atomic E-state index is 0.0173. The van der Waals surface area contributed by atoms with Gasteiger partial charge in [0.15, 0.2) is 5.69 Å². The molecule has 1 saturated heterocycles. The number of rotatable bonds is 5. The maximum absolute atomic E-state index is 13.9. The number of imidazole rings is 1. The topological polar surface area (TPSA) is 135 Å². The number of aromatic nitrogens is 4. The van der Waals surface area contributed by atoms with Crippen LogP contribution in [0, 0.1) is 13.5 Å². The standard InChI is InChI=1S/C28H26F3N7O2.C6H6O3S/c1-18-25(24-12-14-33-37(24)22-10-8-20(32-2)9-11-22)36(26(39)34-21-13-15-38(3,4)17-21)27(40)35(18)23-7-5-6-19(16-23)28(29,30)31;7-10(8,9)6-4-2-1-3-5-6/h5-12,14,16,21H,13,15,17H2,1,3-4H3;1-5H,(H,7,8,9)/t21-;/m1./s1. The van der Waals surface area contributed by atoms with Crippen LogP contribution in [0.15, 0.2) is 101 Å². The highest BCUT2D eigenvalue weighted by molar-refractivity contribution is 7.85. The summed E-state index contributed by atoms with van der Waals surface area (Å²) in [5.74, 6) is 0. The first-order chi connectivity index (χ1) is 23.5. The average molecular weight is 708 g/mol. The number of halogens is 3. The van der Waals surface area contributed by atoms with E-state index < -0.39 is 33.6 Å². The van der Waals surface area contributed by atoms with E-state index in [0.717, 1.165) is 34.2 Å². The van der Waals surface area contributed by atoms with Gasteiger partial charge in [-0.25, -0.2) is 32.1 Å². The molecule has 16 heteroatoms. The molecule has 1 aliphatic heterocycles. The summed E-state index contributed by atoms with van der Waals surface area (Å²) >= 11 is 0. The summed E-state index contributed by atoms with van der Waals surface area (Å²) in [7, 11) is -0.150. The molecule has 1 N–H and O–H groups in total. The maximum Gasteiger partial charge on any atom is 0.416 e. The lowest BCUT2D eigenvalue weighted by Gasteiger charge is -2.23. The van der Waals surface area contributed by atoms with Crippen LogP contribution in [0.4, 0.5) is 23.7 Å². The predicted molar refractivity (Wildman–Crippen MR) is 177 cm³/mol. The van der Waals surface area contributed by atoms with Gasteiger partial charge in [0.2, 0.25) is 0 Å². The molecule has 0 spiro atoms. The Kier molecular flexibility index (Phi) is 9.87. The zero-order chi connectivity index (χ0) is 36.4. The van der Waals surface area contributed by atoms with E-state index in [1.807, 2.05) is 0 Å². The molecule has 1 fully saturated rings. The van der Waals surface area contributed by atoms with Crippen molar-refractivity contribution in [2.45, 2.75) is 30.5 Å². The van der Waals surface area contributed by atoms with E-state index >= 15 is 0 Å². The van der Waals surface area contributed by atoms with E-state index in [2.05, 4.69) is 29.4 Å². The van der Waals surface area contributed by atoms with Crippen LogP contribution in [0.2, 0.25) is 0 Å². The van der Waals surface area contributed by atoms with Crippen LogP contribution in [0.5, 0.6) is 0 Å². The Morgan fingerprint density at radius 3 is 2.26 bits per heavy atom. The Balaban J connectivity index is 0.000000418. The molecular formula is C34H32F3N7O5S. The minimum Gasteiger partial charge on any atom is -0.744 e. The number of benzene rings is 3. The van der Waals surface area contributed by atoms with Gasteiger partial charge in [-0.05, 0) is 55.5 Å². The van der Waals surface area contributed by atoms with Crippen molar-refractivity contribution in [1.29, 1.82) is 0 Å². The highest BCUT2D eigenvalue weighted by atomic mass is 32.2. The maximum atomic E-state index is 13.9. The third kappa shape index (κ3) is 7.70. The third-order valence-electron chi connectivity index (χ3n) is 8.18. The summed E-state index contributed by atoms with van der Waals surface area (Å²) in [4.78, 5) is 30.8. The average Bonchev–Trinajstić information content (AvgIpc) is 3.75. The smallest absolute Gasteiger partial charge is 0.416 e. The first-order valence-electron chi connectivity index (χ1n) is 15.2. The second kappa shape index (κ2) is 13.8. The fourth-order valence-corrected chi connectivity index (χ4v) is 6.30. The van der Waals surface area contributed by atoms with E-state index in [9.17, 15) is 35.7 Å². The highest BCUT2D eigenvalue weighted by Gasteiger charge is 2.35. The molecule has 0 bridgehead atoms. The molecule has 50 heavy (non-hydrogen) atoms. The number of hydrogen-bond donors (Lipinski definition) is 1.